The number of hydrogen-bond donors (Lipinski definition) is 0. The fraction of sp³-hybridized carbons (Fsp3) is 0.217. The van der Waals surface area contributed by atoms with Crippen molar-refractivity contribution in [2.75, 3.05) is 18.5 Å². The molecule has 3 aromatic rings. The van der Waals surface area contributed by atoms with E-state index in [0.29, 0.717) is 0 Å². The maximum atomic E-state index is 6.41. The summed E-state index contributed by atoms with van der Waals surface area (Å²) in [5.74, 6) is 0. The summed E-state index contributed by atoms with van der Waals surface area (Å²) in [5.41, 5.74) is 6.72. The molecule has 0 aliphatic carbocycles. The Morgan fingerprint density at radius 3 is 2.56 bits per heavy atom. The number of halogens is 2. The van der Waals surface area contributed by atoms with Crippen LogP contribution in [0.3, 0.4) is 0 Å². The van der Waals surface area contributed by atoms with Crippen LogP contribution in [0.15, 0.2) is 71.2 Å². The molecule has 0 amide bonds. The molecule has 0 aromatic heterocycles. The van der Waals surface area contributed by atoms with Gasteiger partial charge in [0.05, 0.1) is 6.04 Å². The van der Waals surface area contributed by atoms with Gasteiger partial charge in [0.15, 0.2) is 0 Å². The highest BCUT2D eigenvalue weighted by molar-refractivity contribution is 9.10. The van der Waals surface area contributed by atoms with E-state index in [9.17, 15) is 0 Å². The molecule has 0 radical (unpaired) electrons. The minimum atomic E-state index is 0.199. The van der Waals surface area contributed by atoms with E-state index < -0.39 is 0 Å². The Morgan fingerprint density at radius 1 is 0.963 bits per heavy atom. The normalized spacial score (nSPS) is 21.4. The van der Waals surface area contributed by atoms with Gasteiger partial charge in [0.25, 0.3) is 0 Å². The second-order valence-corrected chi connectivity index (χ2v) is 8.68. The number of hydrogen-bond acceptors (Lipinski definition) is 2. The van der Waals surface area contributed by atoms with Crippen LogP contribution in [0.2, 0.25) is 5.02 Å². The Kier molecular flexibility index (Phi) is 4.27. The average Bonchev–Trinajstić information content (AvgIpc) is 2.69. The van der Waals surface area contributed by atoms with Gasteiger partial charge in [-0.05, 0) is 59.0 Å². The third-order valence-corrected chi connectivity index (χ3v) is 6.60. The fourth-order valence-electron chi connectivity index (χ4n) is 4.67. The summed E-state index contributed by atoms with van der Waals surface area (Å²) in [6, 6.07) is 24.1. The lowest BCUT2D eigenvalue weighted by Gasteiger charge is -2.51. The minimum absolute atomic E-state index is 0.199. The van der Waals surface area contributed by atoms with E-state index in [1.807, 2.05) is 6.07 Å². The third-order valence-electron chi connectivity index (χ3n) is 5.83. The smallest absolute Gasteiger partial charge is 0.109 e. The molecule has 2 nitrogen and oxygen atoms in total. The van der Waals surface area contributed by atoms with Crippen LogP contribution < -0.4 is 4.90 Å². The van der Waals surface area contributed by atoms with Gasteiger partial charge < -0.3 is 4.90 Å². The topological polar surface area (TPSA) is 6.48 Å². The van der Waals surface area contributed by atoms with Crippen molar-refractivity contribution in [3.8, 4) is 0 Å². The first-order chi connectivity index (χ1) is 13.1. The summed E-state index contributed by atoms with van der Waals surface area (Å²) in [4.78, 5) is 5.00. The molecule has 0 fully saturated rings. The summed E-state index contributed by atoms with van der Waals surface area (Å²) in [7, 11) is 2.19. The maximum absolute atomic E-state index is 6.41. The van der Waals surface area contributed by atoms with Gasteiger partial charge in [-0.15, -0.1) is 0 Å². The number of fused-ring (bicyclic) bond motifs is 5. The number of nitrogens with zero attached hydrogens (tertiary/aromatic N) is 2. The van der Waals surface area contributed by atoms with Crippen molar-refractivity contribution in [2.24, 2.45) is 0 Å². The Labute approximate surface area is 173 Å². The highest BCUT2D eigenvalue weighted by atomic mass is 79.9. The number of rotatable bonds is 1. The monoisotopic (exact) mass is 438 g/mol. The summed E-state index contributed by atoms with van der Waals surface area (Å²) in [6.45, 7) is 1.03. The second-order valence-electron chi connectivity index (χ2n) is 7.33. The zero-order valence-electron chi connectivity index (χ0n) is 15.1. The fourth-order valence-corrected chi connectivity index (χ4v) is 5.11. The third kappa shape index (κ3) is 2.80. The zero-order chi connectivity index (χ0) is 18.5. The second kappa shape index (κ2) is 6.66. The highest BCUT2D eigenvalue weighted by Crippen LogP contribution is 2.49. The van der Waals surface area contributed by atoms with E-state index >= 15 is 0 Å². The molecule has 0 spiro atoms. The first-order valence-electron chi connectivity index (χ1n) is 9.25. The molecular formula is C23H20BrClN2. The molecule has 3 aromatic carbocycles. The van der Waals surface area contributed by atoms with Gasteiger partial charge >= 0.3 is 0 Å². The van der Waals surface area contributed by atoms with E-state index in [4.69, 9.17) is 11.6 Å². The van der Waals surface area contributed by atoms with E-state index in [1.165, 1.54) is 27.9 Å². The Hall–Kier alpha value is -1.81. The predicted octanol–water partition coefficient (Wildman–Crippen LogP) is 6.20. The molecular weight excluding hydrogens is 420 g/mol. The molecule has 27 heavy (non-hydrogen) atoms. The standard InChI is InChI=1S/C23H20BrClN2/c1-26-21-11-10-18(25)14-20(21)22-19-5-3-2-4-15(19)12-13-27(22)23(26)16-6-8-17(24)9-7-16/h2-11,14,22-23H,12-13H2,1H3/t22-,23-/m0/s1. The van der Waals surface area contributed by atoms with Crippen LogP contribution in [0.5, 0.6) is 0 Å². The van der Waals surface area contributed by atoms with Crippen molar-refractivity contribution < 1.29 is 0 Å². The molecule has 0 unspecified atom stereocenters. The summed E-state index contributed by atoms with van der Waals surface area (Å²) in [5, 5.41) is 0.798. The van der Waals surface area contributed by atoms with Crippen LogP contribution >= 0.6 is 27.5 Å². The first kappa shape index (κ1) is 17.3. The molecule has 0 saturated heterocycles. The summed E-state index contributed by atoms with van der Waals surface area (Å²) >= 11 is 9.98. The molecule has 136 valence electrons. The molecule has 0 bridgehead atoms. The van der Waals surface area contributed by atoms with Crippen LogP contribution in [0.1, 0.15) is 34.5 Å². The van der Waals surface area contributed by atoms with Crippen molar-refractivity contribution in [1.82, 2.24) is 4.90 Å². The van der Waals surface area contributed by atoms with Crippen LogP contribution in [-0.2, 0) is 6.42 Å². The van der Waals surface area contributed by atoms with Gasteiger partial charge in [0.2, 0.25) is 0 Å². The van der Waals surface area contributed by atoms with E-state index in [2.05, 4.69) is 93.4 Å². The highest BCUT2D eigenvalue weighted by Gasteiger charge is 2.41. The summed E-state index contributed by atoms with van der Waals surface area (Å²) in [6.07, 6.45) is 1.27. The maximum Gasteiger partial charge on any atom is 0.109 e. The lowest BCUT2D eigenvalue weighted by atomic mass is 9.84. The van der Waals surface area contributed by atoms with Gasteiger partial charge in [-0.25, -0.2) is 0 Å². The van der Waals surface area contributed by atoms with Crippen molar-refractivity contribution in [1.29, 1.82) is 0 Å². The molecule has 0 N–H and O–H groups in total. The van der Waals surface area contributed by atoms with Gasteiger partial charge in [0.1, 0.15) is 6.17 Å². The van der Waals surface area contributed by atoms with Crippen LogP contribution in [0.25, 0.3) is 0 Å². The molecule has 0 saturated carbocycles. The van der Waals surface area contributed by atoms with Crippen molar-refractivity contribution >= 4 is 33.2 Å². The lowest BCUT2D eigenvalue weighted by Crippen LogP contribution is -2.49. The van der Waals surface area contributed by atoms with Gasteiger partial charge in [-0.3, -0.25) is 4.90 Å². The van der Waals surface area contributed by atoms with E-state index in [-0.39, 0.29) is 12.2 Å². The van der Waals surface area contributed by atoms with Crippen LogP contribution in [-0.4, -0.2) is 18.5 Å². The SMILES string of the molecule is CN1c2ccc(Cl)cc2[C@@H]2c3ccccc3CCN2[C@H]1c1ccc(Br)cc1. The van der Waals surface area contributed by atoms with Crippen LogP contribution in [0, 0.1) is 0 Å². The average molecular weight is 440 g/mol. The first-order valence-corrected chi connectivity index (χ1v) is 10.4. The van der Waals surface area contributed by atoms with Crippen molar-refractivity contribution in [3.63, 3.8) is 0 Å². The van der Waals surface area contributed by atoms with Gasteiger partial charge in [0, 0.05) is 28.8 Å². The molecule has 4 heteroatoms. The largest absolute Gasteiger partial charge is 0.355 e. The Bertz CT molecular complexity index is 1000. The molecule has 2 heterocycles. The summed E-state index contributed by atoms with van der Waals surface area (Å²) < 4.78 is 1.11. The van der Waals surface area contributed by atoms with Crippen molar-refractivity contribution in [2.45, 2.75) is 18.6 Å². The predicted molar refractivity (Wildman–Crippen MR) is 115 cm³/mol. The van der Waals surface area contributed by atoms with Gasteiger partial charge in [-0.2, -0.15) is 0 Å². The van der Waals surface area contributed by atoms with Gasteiger partial charge in [-0.1, -0.05) is 63.9 Å². The molecule has 2 aliphatic rings. The lowest BCUT2D eigenvalue weighted by molar-refractivity contribution is 0.133. The zero-order valence-corrected chi connectivity index (χ0v) is 17.4. The molecule has 5 rings (SSSR count). The van der Waals surface area contributed by atoms with Crippen LogP contribution in [0.4, 0.5) is 5.69 Å². The Morgan fingerprint density at radius 2 is 1.74 bits per heavy atom. The van der Waals surface area contributed by atoms with Crippen molar-refractivity contribution in [3.05, 3.63) is 98.5 Å². The minimum Gasteiger partial charge on any atom is -0.355 e. The Balaban J connectivity index is 1.73. The quantitative estimate of drug-likeness (QED) is 0.445. The molecule has 2 atom stereocenters. The van der Waals surface area contributed by atoms with E-state index in [1.54, 1.807) is 0 Å². The molecule has 2 aliphatic heterocycles. The van der Waals surface area contributed by atoms with E-state index in [0.717, 1.165) is 22.5 Å². The number of benzene rings is 3. The number of anilines is 1.